The molecule has 0 saturated heterocycles. The summed E-state index contributed by atoms with van der Waals surface area (Å²) in [5.41, 5.74) is 12.0. The first-order chi connectivity index (χ1) is 8.04. The number of anilines is 3. The molecule has 0 bridgehead atoms. The second-order valence-corrected chi connectivity index (χ2v) is 3.77. The van der Waals surface area contributed by atoms with Gasteiger partial charge in [-0.15, -0.1) is 0 Å². The molecule has 0 saturated carbocycles. The Morgan fingerprint density at radius 3 is 2.41 bits per heavy atom. The van der Waals surface area contributed by atoms with Gasteiger partial charge in [0.05, 0.1) is 6.26 Å². The summed E-state index contributed by atoms with van der Waals surface area (Å²) in [4.78, 5) is 13.5. The van der Waals surface area contributed by atoms with Gasteiger partial charge in [-0.2, -0.15) is 15.0 Å². The molecule has 0 radical (unpaired) electrons. The van der Waals surface area contributed by atoms with Gasteiger partial charge in [-0.25, -0.2) is 0 Å². The molecule has 0 unspecified atom stereocenters. The summed E-state index contributed by atoms with van der Waals surface area (Å²) in [6.45, 7) is 2.50. The van der Waals surface area contributed by atoms with Crippen molar-refractivity contribution in [2.24, 2.45) is 0 Å². The quantitative estimate of drug-likeness (QED) is 0.799. The van der Waals surface area contributed by atoms with Crippen molar-refractivity contribution >= 4 is 17.8 Å². The van der Waals surface area contributed by atoms with Gasteiger partial charge in [0.2, 0.25) is 17.8 Å². The zero-order chi connectivity index (χ0) is 12.4. The van der Waals surface area contributed by atoms with Crippen LogP contribution in [0.25, 0.3) is 0 Å². The fraction of sp³-hybridized carbons (Fsp3) is 0.300. The lowest BCUT2D eigenvalue weighted by Gasteiger charge is -2.15. The van der Waals surface area contributed by atoms with Crippen molar-refractivity contribution in [1.29, 1.82) is 0 Å². The Hall–Kier alpha value is -2.31. The first kappa shape index (κ1) is 11.2. The van der Waals surface area contributed by atoms with Crippen molar-refractivity contribution in [3.63, 3.8) is 0 Å². The Labute approximate surface area is 98.5 Å². The molecule has 4 N–H and O–H groups in total. The van der Waals surface area contributed by atoms with Crippen LogP contribution >= 0.6 is 0 Å². The molecular weight excluding hydrogens is 220 g/mol. The number of rotatable bonds is 3. The minimum Gasteiger partial charge on any atom is -0.469 e. The van der Waals surface area contributed by atoms with E-state index in [-0.39, 0.29) is 11.9 Å². The van der Waals surface area contributed by atoms with Crippen LogP contribution in [0.4, 0.5) is 17.8 Å². The average Bonchev–Trinajstić information content (AvgIpc) is 2.62. The number of aromatic nitrogens is 3. The SMILES string of the molecule is Cc1cc(CN(C)c2nc(N)nc(N)n2)co1. The normalized spacial score (nSPS) is 10.5. The Balaban J connectivity index is 2.16. The molecule has 7 heteroatoms. The van der Waals surface area contributed by atoms with E-state index in [9.17, 15) is 0 Å². The summed E-state index contributed by atoms with van der Waals surface area (Å²) in [5, 5.41) is 0. The molecule has 2 heterocycles. The highest BCUT2D eigenvalue weighted by Crippen LogP contribution is 2.14. The summed E-state index contributed by atoms with van der Waals surface area (Å²) in [5.74, 6) is 1.53. The molecule has 2 aromatic heterocycles. The first-order valence-corrected chi connectivity index (χ1v) is 5.07. The van der Waals surface area contributed by atoms with Crippen LogP contribution in [0.1, 0.15) is 11.3 Å². The van der Waals surface area contributed by atoms with Crippen LogP contribution in [0.15, 0.2) is 16.7 Å². The topological polar surface area (TPSA) is 107 Å². The lowest BCUT2D eigenvalue weighted by Crippen LogP contribution is -2.20. The third-order valence-corrected chi connectivity index (χ3v) is 2.20. The fourth-order valence-corrected chi connectivity index (χ4v) is 1.49. The van der Waals surface area contributed by atoms with Crippen LogP contribution in [-0.2, 0) is 6.54 Å². The van der Waals surface area contributed by atoms with Crippen LogP contribution in [0.3, 0.4) is 0 Å². The molecule has 2 aromatic rings. The van der Waals surface area contributed by atoms with Gasteiger partial charge in [-0.1, -0.05) is 0 Å². The molecule has 90 valence electrons. The second kappa shape index (κ2) is 4.28. The second-order valence-electron chi connectivity index (χ2n) is 3.77. The van der Waals surface area contributed by atoms with Crippen LogP contribution < -0.4 is 16.4 Å². The van der Waals surface area contributed by atoms with Crippen molar-refractivity contribution < 1.29 is 4.42 Å². The highest BCUT2D eigenvalue weighted by atomic mass is 16.3. The first-order valence-electron chi connectivity index (χ1n) is 5.07. The maximum absolute atomic E-state index is 5.51. The summed E-state index contributed by atoms with van der Waals surface area (Å²) in [7, 11) is 1.84. The van der Waals surface area contributed by atoms with E-state index in [1.54, 1.807) is 6.26 Å². The van der Waals surface area contributed by atoms with Gasteiger partial charge < -0.3 is 20.8 Å². The minimum atomic E-state index is 0.114. The fourth-order valence-electron chi connectivity index (χ4n) is 1.49. The predicted molar refractivity (Wildman–Crippen MR) is 64.2 cm³/mol. The van der Waals surface area contributed by atoms with Gasteiger partial charge in [-0.05, 0) is 13.0 Å². The standard InChI is InChI=1S/C10H14N6O/c1-6-3-7(5-17-6)4-16(2)10-14-8(11)13-9(12)15-10/h3,5H,4H2,1-2H3,(H4,11,12,13,14,15). The Bertz CT molecular complexity index is 503. The minimum absolute atomic E-state index is 0.114. The van der Waals surface area contributed by atoms with Crippen molar-refractivity contribution in [2.75, 3.05) is 23.4 Å². The van der Waals surface area contributed by atoms with E-state index < -0.39 is 0 Å². The van der Waals surface area contributed by atoms with Gasteiger partial charge in [0.15, 0.2) is 0 Å². The summed E-state index contributed by atoms with van der Waals surface area (Å²) in [6, 6.07) is 1.95. The highest BCUT2D eigenvalue weighted by molar-refractivity contribution is 5.39. The highest BCUT2D eigenvalue weighted by Gasteiger charge is 2.09. The smallest absolute Gasteiger partial charge is 0.231 e. The van der Waals surface area contributed by atoms with Crippen LogP contribution in [0, 0.1) is 6.92 Å². The number of aryl methyl sites for hydroxylation is 1. The zero-order valence-electron chi connectivity index (χ0n) is 9.71. The van der Waals surface area contributed by atoms with E-state index in [4.69, 9.17) is 15.9 Å². The molecule has 0 aliphatic carbocycles. The molecule has 7 nitrogen and oxygen atoms in total. The Morgan fingerprint density at radius 2 is 1.88 bits per heavy atom. The Morgan fingerprint density at radius 1 is 1.24 bits per heavy atom. The van der Waals surface area contributed by atoms with E-state index in [2.05, 4.69) is 15.0 Å². The van der Waals surface area contributed by atoms with Gasteiger partial charge in [0.1, 0.15) is 5.76 Å². The molecule has 0 aliphatic rings. The van der Waals surface area contributed by atoms with E-state index in [0.717, 1.165) is 11.3 Å². The third kappa shape index (κ3) is 2.63. The molecule has 0 atom stereocenters. The zero-order valence-corrected chi connectivity index (χ0v) is 9.71. The monoisotopic (exact) mass is 234 g/mol. The lowest BCUT2D eigenvalue weighted by molar-refractivity contribution is 0.531. The average molecular weight is 234 g/mol. The van der Waals surface area contributed by atoms with Gasteiger partial charge in [-0.3, -0.25) is 0 Å². The lowest BCUT2D eigenvalue weighted by atomic mass is 10.3. The molecule has 0 aliphatic heterocycles. The van der Waals surface area contributed by atoms with E-state index in [1.165, 1.54) is 0 Å². The van der Waals surface area contributed by atoms with Gasteiger partial charge in [0, 0.05) is 19.2 Å². The molecule has 17 heavy (non-hydrogen) atoms. The van der Waals surface area contributed by atoms with Crippen molar-refractivity contribution in [3.05, 3.63) is 23.7 Å². The molecular formula is C10H14N6O. The van der Waals surface area contributed by atoms with Crippen LogP contribution in [-0.4, -0.2) is 22.0 Å². The number of hydrogen-bond acceptors (Lipinski definition) is 7. The van der Waals surface area contributed by atoms with Gasteiger partial charge in [0.25, 0.3) is 0 Å². The number of nitrogens with zero attached hydrogens (tertiary/aromatic N) is 4. The van der Waals surface area contributed by atoms with Gasteiger partial charge >= 0.3 is 0 Å². The van der Waals surface area contributed by atoms with Crippen molar-refractivity contribution in [1.82, 2.24) is 15.0 Å². The van der Waals surface area contributed by atoms with Crippen LogP contribution in [0.2, 0.25) is 0 Å². The van der Waals surface area contributed by atoms with E-state index >= 15 is 0 Å². The molecule has 2 rings (SSSR count). The number of furan rings is 1. The maximum Gasteiger partial charge on any atom is 0.231 e. The number of hydrogen-bond donors (Lipinski definition) is 2. The molecule has 0 amide bonds. The van der Waals surface area contributed by atoms with Crippen molar-refractivity contribution in [3.8, 4) is 0 Å². The molecule has 0 aromatic carbocycles. The largest absolute Gasteiger partial charge is 0.469 e. The van der Waals surface area contributed by atoms with Crippen molar-refractivity contribution in [2.45, 2.75) is 13.5 Å². The van der Waals surface area contributed by atoms with E-state index in [0.29, 0.717) is 12.5 Å². The predicted octanol–water partition coefficient (Wildman–Crippen LogP) is 0.574. The maximum atomic E-state index is 5.51. The summed E-state index contributed by atoms with van der Waals surface area (Å²) >= 11 is 0. The van der Waals surface area contributed by atoms with Crippen LogP contribution in [0.5, 0.6) is 0 Å². The molecule has 0 spiro atoms. The Kier molecular flexibility index (Phi) is 2.82. The number of nitrogens with two attached hydrogens (primary N) is 2. The van der Waals surface area contributed by atoms with E-state index in [1.807, 2.05) is 24.9 Å². The third-order valence-electron chi connectivity index (χ3n) is 2.20. The molecule has 0 fully saturated rings. The summed E-state index contributed by atoms with van der Waals surface area (Å²) in [6.07, 6.45) is 1.69. The summed E-state index contributed by atoms with van der Waals surface area (Å²) < 4.78 is 5.22. The number of nitrogen functional groups attached to an aromatic ring is 2.